The fourth-order valence-corrected chi connectivity index (χ4v) is 4.20. The van der Waals surface area contributed by atoms with Crippen molar-refractivity contribution < 1.29 is 28.1 Å². The summed E-state index contributed by atoms with van der Waals surface area (Å²) in [5.74, 6) is 0. The van der Waals surface area contributed by atoms with E-state index in [9.17, 15) is 48.9 Å². The van der Waals surface area contributed by atoms with Gasteiger partial charge in [0, 0.05) is 0 Å². The normalized spacial score (nSPS) is 20.3. The van der Waals surface area contributed by atoms with E-state index in [0.29, 0.717) is 12.2 Å². The second-order valence-corrected chi connectivity index (χ2v) is 7.68. The van der Waals surface area contributed by atoms with Crippen LogP contribution in [0.1, 0.15) is 12.8 Å². The van der Waals surface area contributed by atoms with Gasteiger partial charge in [-0.05, 0) is 12.2 Å². The van der Waals surface area contributed by atoms with Gasteiger partial charge in [0.1, 0.15) is 32.5 Å². The van der Waals surface area contributed by atoms with Gasteiger partial charge < -0.3 is 0 Å². The van der Waals surface area contributed by atoms with E-state index >= 15 is 0 Å². The molecule has 27 heavy (non-hydrogen) atoms. The average molecular weight is 402 g/mol. The van der Waals surface area contributed by atoms with Gasteiger partial charge >= 0.3 is 11.3 Å². The van der Waals surface area contributed by atoms with Crippen LogP contribution in [-0.4, -0.2) is 39.4 Å². The lowest BCUT2D eigenvalue weighted by atomic mass is 10.0. The lowest BCUT2D eigenvalue weighted by Gasteiger charge is -2.21. The Hall–Kier alpha value is -3.49. The molecular formula is C12H10N4O10S. The van der Waals surface area contributed by atoms with E-state index in [1.54, 1.807) is 0 Å². The van der Waals surface area contributed by atoms with Crippen molar-refractivity contribution in [2.75, 3.05) is 0 Å². The highest BCUT2D eigenvalue weighted by Crippen LogP contribution is 2.37. The van der Waals surface area contributed by atoms with Crippen molar-refractivity contribution in [3.8, 4) is 0 Å². The predicted octanol–water partition coefficient (Wildman–Crippen LogP) is 0.588. The zero-order chi connectivity index (χ0) is 20.6. The number of nitrogens with zero attached hydrogens (tertiary/aromatic N) is 4. The van der Waals surface area contributed by atoms with Gasteiger partial charge in [-0.1, -0.05) is 12.2 Å². The van der Waals surface area contributed by atoms with Gasteiger partial charge in [-0.2, -0.15) is 0 Å². The van der Waals surface area contributed by atoms with E-state index < -0.39 is 63.5 Å². The number of nitro groups is 4. The summed E-state index contributed by atoms with van der Waals surface area (Å²) in [6.07, 6.45) is 2.32. The third-order valence-corrected chi connectivity index (χ3v) is 6.06. The predicted molar refractivity (Wildman–Crippen MR) is 86.0 cm³/mol. The van der Waals surface area contributed by atoms with Gasteiger partial charge in [-0.25, -0.2) is 8.42 Å². The average Bonchev–Trinajstić information content (AvgIpc) is 2.61. The third-order valence-electron chi connectivity index (χ3n) is 4.11. The molecule has 0 aromatic heterocycles. The van der Waals surface area contributed by atoms with Crippen LogP contribution in [0.3, 0.4) is 0 Å². The lowest BCUT2D eigenvalue weighted by Crippen LogP contribution is -2.47. The molecule has 0 radical (unpaired) electrons. The number of hydrogen-bond acceptors (Lipinski definition) is 10. The van der Waals surface area contributed by atoms with E-state index in [2.05, 4.69) is 0 Å². The molecule has 0 saturated heterocycles. The first kappa shape index (κ1) is 19.8. The van der Waals surface area contributed by atoms with Crippen molar-refractivity contribution in [2.24, 2.45) is 0 Å². The van der Waals surface area contributed by atoms with Crippen LogP contribution < -0.4 is 0 Å². The number of sulfone groups is 1. The van der Waals surface area contributed by atoms with Crippen molar-refractivity contribution >= 4 is 9.84 Å². The molecule has 0 aromatic rings. The quantitative estimate of drug-likeness (QED) is 0.343. The van der Waals surface area contributed by atoms with Crippen molar-refractivity contribution in [3.05, 3.63) is 86.7 Å². The Balaban J connectivity index is 2.48. The van der Waals surface area contributed by atoms with Gasteiger partial charge in [0.05, 0.1) is 22.0 Å². The smallest absolute Gasteiger partial charge is 0.258 e. The SMILES string of the molecule is O=[N+]([O-])C1([N+](=O)[O-])C=CC=C(S(=O)(=O)C2=CC=CC([N+](=O)[O-])([N+](=O)[O-])C2)C1. The van der Waals surface area contributed by atoms with Crippen molar-refractivity contribution in [3.63, 3.8) is 0 Å². The zero-order valence-electron chi connectivity index (χ0n) is 13.2. The van der Waals surface area contributed by atoms with Crippen molar-refractivity contribution in [1.82, 2.24) is 0 Å². The van der Waals surface area contributed by atoms with Crippen LogP contribution in [0.2, 0.25) is 0 Å². The Kier molecular flexibility index (Phi) is 4.66. The van der Waals surface area contributed by atoms with Crippen LogP contribution in [0.15, 0.2) is 46.3 Å². The molecule has 0 spiro atoms. The fraction of sp³-hybridized carbons (Fsp3) is 0.333. The summed E-state index contributed by atoms with van der Waals surface area (Å²) in [5, 5.41) is 44.5. The minimum Gasteiger partial charge on any atom is -0.258 e. The maximum Gasteiger partial charge on any atom is 0.482 e. The first-order valence-electron chi connectivity index (χ1n) is 7.00. The van der Waals surface area contributed by atoms with Gasteiger partial charge in [-0.3, -0.25) is 40.5 Å². The topological polar surface area (TPSA) is 207 Å². The van der Waals surface area contributed by atoms with Crippen LogP contribution >= 0.6 is 0 Å². The van der Waals surface area contributed by atoms with Crippen LogP contribution in [-0.2, 0) is 9.84 Å². The molecule has 144 valence electrons. The molecule has 0 amide bonds. The van der Waals surface area contributed by atoms with Crippen molar-refractivity contribution in [2.45, 2.75) is 24.2 Å². The summed E-state index contributed by atoms with van der Waals surface area (Å²) in [4.78, 5) is 38.0. The van der Waals surface area contributed by atoms with Crippen LogP contribution in [0.5, 0.6) is 0 Å². The summed E-state index contributed by atoms with van der Waals surface area (Å²) in [7, 11) is -4.66. The van der Waals surface area contributed by atoms with E-state index in [-0.39, 0.29) is 0 Å². The molecule has 0 N–H and O–H groups in total. The van der Waals surface area contributed by atoms with Gasteiger partial charge in [0.2, 0.25) is 0 Å². The highest BCUT2D eigenvalue weighted by atomic mass is 32.2. The second-order valence-electron chi connectivity index (χ2n) is 5.63. The molecule has 15 heteroatoms. The third kappa shape index (κ3) is 2.97. The van der Waals surface area contributed by atoms with E-state index in [4.69, 9.17) is 0 Å². The summed E-state index contributed by atoms with van der Waals surface area (Å²) in [6, 6.07) is 0. The Labute approximate surface area is 149 Å². The zero-order valence-corrected chi connectivity index (χ0v) is 14.0. The van der Waals surface area contributed by atoms with Crippen molar-refractivity contribution in [1.29, 1.82) is 0 Å². The molecule has 2 rings (SSSR count). The van der Waals surface area contributed by atoms with Crippen LogP contribution in [0.4, 0.5) is 0 Å². The Morgan fingerprint density at radius 1 is 0.704 bits per heavy atom. The molecule has 0 saturated carbocycles. The van der Waals surface area contributed by atoms with Crippen LogP contribution in [0.25, 0.3) is 0 Å². The van der Waals surface area contributed by atoms with E-state index in [1.807, 2.05) is 0 Å². The van der Waals surface area contributed by atoms with Gasteiger partial charge in [0.25, 0.3) is 0 Å². The molecule has 0 fully saturated rings. The highest BCUT2D eigenvalue weighted by Gasteiger charge is 2.59. The number of rotatable bonds is 6. The highest BCUT2D eigenvalue weighted by molar-refractivity contribution is 7.99. The molecular weight excluding hydrogens is 392 g/mol. The molecule has 14 nitrogen and oxygen atoms in total. The maximum absolute atomic E-state index is 12.7. The summed E-state index contributed by atoms with van der Waals surface area (Å²) < 4.78 is 25.4. The molecule has 0 aromatic carbocycles. The largest absolute Gasteiger partial charge is 0.482 e. The van der Waals surface area contributed by atoms with E-state index in [1.165, 1.54) is 0 Å². The van der Waals surface area contributed by atoms with Gasteiger partial charge in [0.15, 0.2) is 9.84 Å². The number of hydrogen-bond donors (Lipinski definition) is 0. The summed E-state index contributed by atoms with van der Waals surface area (Å²) in [5.41, 5.74) is -5.85. The second kappa shape index (κ2) is 6.35. The molecule has 0 unspecified atom stereocenters. The summed E-state index contributed by atoms with van der Waals surface area (Å²) >= 11 is 0. The standard InChI is InChI=1S/C12H10N4O10S/c17-13(18)11(14(19)20)5-1-3-9(7-11)27(25,26)10-4-2-6-12(8-10,15(21)22)16(23)24/h1-6H,7-8H2. The van der Waals surface area contributed by atoms with Gasteiger partial charge in [-0.15, -0.1) is 0 Å². The molecule has 0 heterocycles. The first-order chi connectivity index (χ1) is 12.4. The maximum atomic E-state index is 12.7. The fourth-order valence-electron chi connectivity index (χ4n) is 2.54. The van der Waals surface area contributed by atoms with E-state index in [0.717, 1.165) is 24.3 Å². The molecule has 2 aliphatic rings. The minimum atomic E-state index is -4.66. The molecule has 0 atom stereocenters. The molecule has 0 bridgehead atoms. The minimum absolute atomic E-state index is 0.611. The Morgan fingerprint density at radius 3 is 1.26 bits per heavy atom. The monoisotopic (exact) mass is 402 g/mol. The number of allylic oxidation sites excluding steroid dienone is 4. The molecule has 2 aliphatic carbocycles. The Morgan fingerprint density at radius 2 is 1.00 bits per heavy atom. The first-order valence-corrected chi connectivity index (χ1v) is 8.48. The lowest BCUT2D eigenvalue weighted by molar-refractivity contribution is -0.780. The summed E-state index contributed by atoms with van der Waals surface area (Å²) in [6.45, 7) is 0. The van der Waals surface area contributed by atoms with Crippen LogP contribution in [0, 0.1) is 40.5 Å². The Bertz CT molecular complexity index is 874. The molecule has 0 aliphatic heterocycles.